The molecule has 0 amide bonds. The molecule has 0 bridgehead atoms. The van der Waals surface area contributed by atoms with Crippen molar-refractivity contribution < 1.29 is 19.1 Å². The molecule has 19 heavy (non-hydrogen) atoms. The number of esters is 1. The molecule has 0 aliphatic heterocycles. The first-order valence-corrected chi connectivity index (χ1v) is 5.91. The van der Waals surface area contributed by atoms with Crippen LogP contribution in [0.5, 0.6) is 0 Å². The van der Waals surface area contributed by atoms with Crippen molar-refractivity contribution in [3.05, 3.63) is 48.3 Å². The molecular formula is C15H18O4. The second kappa shape index (κ2) is 6.18. The number of ether oxygens (including phenoxy) is 2. The Kier molecular flexibility index (Phi) is 4.87. The summed E-state index contributed by atoms with van der Waals surface area (Å²) in [5.74, 6) is -0.513. The fourth-order valence-corrected chi connectivity index (χ4v) is 1.60. The number of ketones is 1. The Bertz CT molecular complexity index is 478. The van der Waals surface area contributed by atoms with Crippen LogP contribution < -0.4 is 0 Å². The maximum Gasteiger partial charge on any atom is 0.331 e. The van der Waals surface area contributed by atoms with Gasteiger partial charge in [0.2, 0.25) is 5.78 Å². The summed E-state index contributed by atoms with van der Waals surface area (Å²) >= 11 is 0. The van der Waals surface area contributed by atoms with E-state index in [1.165, 1.54) is 13.2 Å². The molecular weight excluding hydrogens is 244 g/mol. The van der Waals surface area contributed by atoms with Crippen molar-refractivity contribution in [3.63, 3.8) is 0 Å². The van der Waals surface area contributed by atoms with Gasteiger partial charge in [0.25, 0.3) is 0 Å². The lowest BCUT2D eigenvalue weighted by Gasteiger charge is -2.29. The molecule has 1 aliphatic rings. The molecule has 0 fully saturated rings. The van der Waals surface area contributed by atoms with Gasteiger partial charge in [-0.25, -0.2) is 4.79 Å². The van der Waals surface area contributed by atoms with E-state index in [2.05, 4.69) is 6.58 Å². The van der Waals surface area contributed by atoms with Crippen LogP contribution >= 0.6 is 0 Å². The molecule has 0 heterocycles. The van der Waals surface area contributed by atoms with Crippen LogP contribution in [-0.4, -0.2) is 24.5 Å². The minimum absolute atomic E-state index is 0.289. The van der Waals surface area contributed by atoms with Crippen LogP contribution in [0.1, 0.15) is 20.3 Å². The van der Waals surface area contributed by atoms with Crippen molar-refractivity contribution >= 4 is 11.8 Å². The molecule has 1 atom stereocenters. The first kappa shape index (κ1) is 15.0. The van der Waals surface area contributed by atoms with Gasteiger partial charge in [0.15, 0.2) is 5.60 Å². The van der Waals surface area contributed by atoms with Crippen molar-refractivity contribution in [3.8, 4) is 0 Å². The number of methoxy groups -OCH3 is 1. The van der Waals surface area contributed by atoms with Gasteiger partial charge in [0, 0.05) is 18.6 Å². The number of hydrogen-bond donors (Lipinski definition) is 0. The van der Waals surface area contributed by atoms with Crippen molar-refractivity contribution in [1.29, 1.82) is 0 Å². The average Bonchev–Trinajstić information content (AvgIpc) is 2.39. The van der Waals surface area contributed by atoms with Crippen LogP contribution in [0.25, 0.3) is 0 Å². The lowest BCUT2D eigenvalue weighted by Crippen LogP contribution is -2.41. The zero-order valence-electron chi connectivity index (χ0n) is 11.4. The summed E-state index contributed by atoms with van der Waals surface area (Å²) in [4.78, 5) is 23.6. The number of allylic oxidation sites excluding steroid dienone is 2. The SMILES string of the molecule is C=CC(=O)OC1(CC=C(C)C)C=CC(OC)=CC1=O. The number of rotatable bonds is 5. The van der Waals surface area contributed by atoms with E-state index in [9.17, 15) is 9.59 Å². The molecule has 0 saturated carbocycles. The van der Waals surface area contributed by atoms with Crippen molar-refractivity contribution in [2.75, 3.05) is 7.11 Å². The fourth-order valence-electron chi connectivity index (χ4n) is 1.60. The average molecular weight is 262 g/mol. The van der Waals surface area contributed by atoms with Crippen LogP contribution in [0.4, 0.5) is 0 Å². The van der Waals surface area contributed by atoms with Gasteiger partial charge in [-0.2, -0.15) is 0 Å². The molecule has 0 N–H and O–H groups in total. The molecule has 0 aromatic carbocycles. The van der Waals surface area contributed by atoms with Crippen LogP contribution in [0.15, 0.2) is 48.3 Å². The Morgan fingerprint density at radius 2 is 2.16 bits per heavy atom. The largest absolute Gasteiger partial charge is 0.497 e. The number of carbonyl (C=O) groups is 2. The van der Waals surface area contributed by atoms with E-state index in [0.29, 0.717) is 5.76 Å². The molecule has 4 nitrogen and oxygen atoms in total. The highest BCUT2D eigenvalue weighted by atomic mass is 16.6. The third-order valence-electron chi connectivity index (χ3n) is 2.71. The van der Waals surface area contributed by atoms with E-state index in [-0.39, 0.29) is 12.2 Å². The summed E-state index contributed by atoms with van der Waals surface area (Å²) in [5, 5.41) is 0. The Morgan fingerprint density at radius 1 is 1.47 bits per heavy atom. The third kappa shape index (κ3) is 3.68. The van der Waals surface area contributed by atoms with Crippen molar-refractivity contribution in [2.24, 2.45) is 0 Å². The van der Waals surface area contributed by atoms with E-state index in [0.717, 1.165) is 11.6 Å². The highest BCUT2D eigenvalue weighted by molar-refractivity contribution is 6.02. The van der Waals surface area contributed by atoms with Gasteiger partial charge in [-0.1, -0.05) is 18.2 Å². The minimum atomic E-state index is -1.30. The first-order valence-electron chi connectivity index (χ1n) is 5.91. The second-order valence-corrected chi connectivity index (χ2v) is 4.45. The monoisotopic (exact) mass is 262 g/mol. The van der Waals surface area contributed by atoms with E-state index >= 15 is 0 Å². The Labute approximate surface area is 113 Å². The van der Waals surface area contributed by atoms with E-state index in [1.807, 2.05) is 19.9 Å². The lowest BCUT2D eigenvalue weighted by atomic mass is 9.88. The molecule has 0 saturated heterocycles. The topological polar surface area (TPSA) is 52.6 Å². The first-order chi connectivity index (χ1) is 8.93. The Hall–Kier alpha value is -2.10. The Morgan fingerprint density at radius 3 is 2.63 bits per heavy atom. The quantitative estimate of drug-likeness (QED) is 0.434. The number of hydrogen-bond acceptors (Lipinski definition) is 4. The van der Waals surface area contributed by atoms with Gasteiger partial charge in [-0.15, -0.1) is 0 Å². The maximum atomic E-state index is 12.2. The van der Waals surface area contributed by atoms with Crippen LogP contribution in [0.2, 0.25) is 0 Å². The third-order valence-corrected chi connectivity index (χ3v) is 2.71. The molecule has 0 aromatic heterocycles. The van der Waals surface area contributed by atoms with E-state index < -0.39 is 11.6 Å². The number of carbonyl (C=O) groups excluding carboxylic acids is 2. The lowest BCUT2D eigenvalue weighted by molar-refractivity contribution is -0.155. The summed E-state index contributed by atoms with van der Waals surface area (Å²) in [5.41, 5.74) is -0.262. The smallest absolute Gasteiger partial charge is 0.331 e. The summed E-state index contributed by atoms with van der Waals surface area (Å²) in [6, 6.07) is 0. The van der Waals surface area contributed by atoms with Gasteiger partial charge in [-0.3, -0.25) is 4.79 Å². The van der Waals surface area contributed by atoms with Crippen LogP contribution in [0, 0.1) is 0 Å². The van der Waals surface area contributed by atoms with Crippen LogP contribution in [0.3, 0.4) is 0 Å². The zero-order valence-corrected chi connectivity index (χ0v) is 11.4. The molecule has 1 unspecified atom stereocenters. The normalized spacial score (nSPS) is 21.4. The fraction of sp³-hybridized carbons (Fsp3) is 0.333. The maximum absolute atomic E-state index is 12.2. The molecule has 0 radical (unpaired) electrons. The summed E-state index contributed by atoms with van der Waals surface area (Å²) in [7, 11) is 1.47. The predicted octanol–water partition coefficient (Wildman–Crippen LogP) is 2.48. The van der Waals surface area contributed by atoms with Crippen molar-refractivity contribution in [1.82, 2.24) is 0 Å². The van der Waals surface area contributed by atoms with Gasteiger partial charge in [-0.05, 0) is 26.0 Å². The van der Waals surface area contributed by atoms with E-state index in [4.69, 9.17) is 9.47 Å². The highest BCUT2D eigenvalue weighted by Crippen LogP contribution is 2.27. The van der Waals surface area contributed by atoms with Gasteiger partial charge in [0.05, 0.1) is 7.11 Å². The zero-order chi connectivity index (χ0) is 14.5. The van der Waals surface area contributed by atoms with Gasteiger partial charge >= 0.3 is 5.97 Å². The molecule has 1 aliphatic carbocycles. The van der Waals surface area contributed by atoms with Crippen LogP contribution in [-0.2, 0) is 19.1 Å². The summed E-state index contributed by atoms with van der Waals surface area (Å²) < 4.78 is 10.2. The molecule has 0 spiro atoms. The summed E-state index contributed by atoms with van der Waals surface area (Å²) in [6.07, 6.45) is 7.68. The molecule has 1 rings (SSSR count). The minimum Gasteiger partial charge on any atom is -0.497 e. The highest BCUT2D eigenvalue weighted by Gasteiger charge is 2.39. The van der Waals surface area contributed by atoms with E-state index in [1.54, 1.807) is 12.2 Å². The molecule has 102 valence electrons. The standard InChI is InChI=1S/C15H18O4/c1-5-14(17)19-15(8-6-11(2)3)9-7-12(18-4)10-13(15)16/h5-7,9-10H,1,8H2,2-4H3. The van der Waals surface area contributed by atoms with Gasteiger partial charge < -0.3 is 9.47 Å². The summed E-state index contributed by atoms with van der Waals surface area (Å²) in [6.45, 7) is 7.17. The Balaban J connectivity index is 3.07. The second-order valence-electron chi connectivity index (χ2n) is 4.45. The predicted molar refractivity (Wildman–Crippen MR) is 72.3 cm³/mol. The molecule has 0 aromatic rings. The van der Waals surface area contributed by atoms with Gasteiger partial charge in [0.1, 0.15) is 5.76 Å². The van der Waals surface area contributed by atoms with Crippen molar-refractivity contribution in [2.45, 2.75) is 25.9 Å². The molecule has 4 heteroatoms.